The zero-order valence-corrected chi connectivity index (χ0v) is 9.15. The van der Waals surface area contributed by atoms with E-state index < -0.39 is 0 Å². The summed E-state index contributed by atoms with van der Waals surface area (Å²) in [6.07, 6.45) is 3.29. The van der Waals surface area contributed by atoms with Crippen LogP contribution < -0.4 is 5.73 Å². The van der Waals surface area contributed by atoms with E-state index in [1.54, 1.807) is 0 Å². The molecule has 5 nitrogen and oxygen atoms in total. The van der Waals surface area contributed by atoms with E-state index in [2.05, 4.69) is 17.1 Å². The largest absolute Gasteiger partial charge is 0.396 e. The van der Waals surface area contributed by atoms with Gasteiger partial charge in [-0.3, -0.25) is 0 Å². The topological polar surface area (TPSA) is 85.2 Å². The number of aromatic nitrogens is 2. The molecule has 0 amide bonds. The maximum atomic E-state index is 8.68. The van der Waals surface area contributed by atoms with Gasteiger partial charge in [0.2, 0.25) is 5.89 Å². The monoisotopic (exact) mass is 213 g/mol. The number of nitrogens with zero attached hydrogens (tertiary/aromatic N) is 2. The first-order valence-corrected chi connectivity index (χ1v) is 5.38. The first-order valence-electron chi connectivity index (χ1n) is 5.38. The molecule has 0 aliphatic heterocycles. The van der Waals surface area contributed by atoms with Gasteiger partial charge >= 0.3 is 0 Å². The van der Waals surface area contributed by atoms with Crippen LogP contribution in [0.25, 0.3) is 0 Å². The highest BCUT2D eigenvalue weighted by atomic mass is 16.5. The Labute approximate surface area is 89.7 Å². The summed E-state index contributed by atoms with van der Waals surface area (Å²) >= 11 is 0. The molecule has 0 spiro atoms. The summed E-state index contributed by atoms with van der Waals surface area (Å²) in [4.78, 5) is 4.16. The van der Waals surface area contributed by atoms with Crippen molar-refractivity contribution in [2.24, 2.45) is 11.7 Å². The summed E-state index contributed by atoms with van der Waals surface area (Å²) in [6.45, 7) is 2.95. The van der Waals surface area contributed by atoms with Gasteiger partial charge in [-0.25, -0.2) is 0 Å². The molecule has 0 bridgehead atoms. The molecule has 0 aliphatic carbocycles. The first-order chi connectivity index (χ1) is 7.26. The zero-order valence-electron chi connectivity index (χ0n) is 9.15. The maximum absolute atomic E-state index is 8.68. The van der Waals surface area contributed by atoms with Crippen LogP contribution in [0.15, 0.2) is 4.52 Å². The minimum atomic E-state index is 0.0581. The van der Waals surface area contributed by atoms with E-state index in [1.807, 2.05) is 0 Å². The SMILES string of the molecule is CC(CCN)CCc1nc(CCO)no1. The van der Waals surface area contributed by atoms with E-state index in [-0.39, 0.29) is 6.61 Å². The molecular formula is C10H19N3O2. The van der Waals surface area contributed by atoms with Crippen LogP contribution in [0.2, 0.25) is 0 Å². The lowest BCUT2D eigenvalue weighted by Crippen LogP contribution is -2.06. The second-order valence-corrected chi connectivity index (χ2v) is 3.80. The number of aliphatic hydroxyl groups is 1. The summed E-state index contributed by atoms with van der Waals surface area (Å²) in [7, 11) is 0. The van der Waals surface area contributed by atoms with E-state index in [4.69, 9.17) is 15.4 Å². The molecule has 1 rings (SSSR count). The van der Waals surface area contributed by atoms with Gasteiger partial charge in [-0.1, -0.05) is 12.1 Å². The Hall–Kier alpha value is -0.940. The average Bonchev–Trinajstić information content (AvgIpc) is 2.64. The van der Waals surface area contributed by atoms with E-state index in [0.29, 0.717) is 24.1 Å². The van der Waals surface area contributed by atoms with Crippen LogP contribution in [0.4, 0.5) is 0 Å². The molecule has 0 saturated heterocycles. The van der Waals surface area contributed by atoms with Crippen molar-refractivity contribution in [1.82, 2.24) is 10.1 Å². The van der Waals surface area contributed by atoms with Crippen LogP contribution >= 0.6 is 0 Å². The van der Waals surface area contributed by atoms with Gasteiger partial charge in [0.15, 0.2) is 5.82 Å². The van der Waals surface area contributed by atoms with E-state index >= 15 is 0 Å². The first kappa shape index (κ1) is 12.1. The van der Waals surface area contributed by atoms with Crippen LogP contribution in [0.5, 0.6) is 0 Å². The minimum absolute atomic E-state index is 0.0581. The second kappa shape index (κ2) is 6.53. The molecule has 1 aromatic heterocycles. The minimum Gasteiger partial charge on any atom is -0.396 e. The van der Waals surface area contributed by atoms with E-state index in [1.165, 1.54) is 0 Å². The van der Waals surface area contributed by atoms with Gasteiger partial charge in [0.25, 0.3) is 0 Å². The van der Waals surface area contributed by atoms with Crippen LogP contribution in [-0.2, 0) is 12.8 Å². The van der Waals surface area contributed by atoms with Gasteiger partial charge in [0.1, 0.15) is 0 Å². The van der Waals surface area contributed by atoms with Crippen molar-refractivity contribution < 1.29 is 9.63 Å². The lowest BCUT2D eigenvalue weighted by atomic mass is 10.0. The molecule has 0 aromatic carbocycles. The lowest BCUT2D eigenvalue weighted by molar-refractivity contribution is 0.292. The molecule has 0 radical (unpaired) electrons. The average molecular weight is 213 g/mol. The fourth-order valence-electron chi connectivity index (χ4n) is 1.39. The molecule has 1 heterocycles. The third kappa shape index (κ3) is 4.40. The van der Waals surface area contributed by atoms with Crippen molar-refractivity contribution in [3.05, 3.63) is 11.7 Å². The van der Waals surface area contributed by atoms with Crippen molar-refractivity contribution >= 4 is 0 Å². The molecule has 3 N–H and O–H groups in total. The second-order valence-electron chi connectivity index (χ2n) is 3.80. The van der Waals surface area contributed by atoms with Crippen LogP contribution in [-0.4, -0.2) is 28.4 Å². The summed E-state index contributed by atoms with van der Waals surface area (Å²) in [5, 5.41) is 12.4. The highest BCUT2D eigenvalue weighted by molar-refractivity contribution is 4.86. The Morgan fingerprint density at radius 3 is 2.87 bits per heavy atom. The van der Waals surface area contributed by atoms with Crippen molar-refractivity contribution in [2.45, 2.75) is 32.6 Å². The predicted molar refractivity (Wildman–Crippen MR) is 56.2 cm³/mol. The Kier molecular flexibility index (Phi) is 5.28. The van der Waals surface area contributed by atoms with Crippen LogP contribution in [0.3, 0.4) is 0 Å². The molecule has 1 atom stereocenters. The molecular weight excluding hydrogens is 194 g/mol. The van der Waals surface area contributed by atoms with Gasteiger partial charge in [-0.2, -0.15) is 4.98 Å². The molecule has 1 aromatic rings. The summed E-state index contributed by atoms with van der Waals surface area (Å²) in [6, 6.07) is 0. The lowest BCUT2D eigenvalue weighted by Gasteiger charge is -2.06. The third-order valence-electron chi connectivity index (χ3n) is 2.36. The summed E-state index contributed by atoms with van der Waals surface area (Å²) in [5.74, 6) is 1.82. The smallest absolute Gasteiger partial charge is 0.226 e. The predicted octanol–water partition coefficient (Wildman–Crippen LogP) is 0.522. The Bertz CT molecular complexity index is 275. The quantitative estimate of drug-likeness (QED) is 0.689. The number of aliphatic hydroxyl groups excluding tert-OH is 1. The van der Waals surface area contributed by atoms with Gasteiger partial charge in [0.05, 0.1) is 6.61 Å². The van der Waals surface area contributed by atoms with Gasteiger partial charge in [0, 0.05) is 12.8 Å². The Morgan fingerprint density at radius 1 is 1.40 bits per heavy atom. The van der Waals surface area contributed by atoms with E-state index in [0.717, 1.165) is 25.8 Å². The molecule has 0 aliphatic rings. The number of hydrogen-bond acceptors (Lipinski definition) is 5. The standard InChI is InChI=1S/C10H19N3O2/c1-8(4-6-11)2-3-10-12-9(5-7-14)13-15-10/h8,14H,2-7,11H2,1H3. The fraction of sp³-hybridized carbons (Fsp3) is 0.800. The molecule has 15 heavy (non-hydrogen) atoms. The third-order valence-corrected chi connectivity index (χ3v) is 2.36. The zero-order chi connectivity index (χ0) is 11.1. The molecule has 5 heteroatoms. The number of nitrogens with two attached hydrogens (primary N) is 1. The molecule has 0 fully saturated rings. The number of aryl methyl sites for hydroxylation is 1. The van der Waals surface area contributed by atoms with Gasteiger partial charge < -0.3 is 15.4 Å². The Morgan fingerprint density at radius 2 is 2.20 bits per heavy atom. The van der Waals surface area contributed by atoms with Crippen molar-refractivity contribution in [2.75, 3.05) is 13.2 Å². The van der Waals surface area contributed by atoms with Crippen molar-refractivity contribution in [1.29, 1.82) is 0 Å². The van der Waals surface area contributed by atoms with Crippen LogP contribution in [0.1, 0.15) is 31.5 Å². The summed E-state index contributed by atoms with van der Waals surface area (Å²) in [5.41, 5.74) is 5.46. The highest BCUT2D eigenvalue weighted by Crippen LogP contribution is 2.10. The van der Waals surface area contributed by atoms with Gasteiger partial charge in [-0.15, -0.1) is 0 Å². The number of rotatable bonds is 7. The van der Waals surface area contributed by atoms with Gasteiger partial charge in [-0.05, 0) is 25.3 Å². The summed E-state index contributed by atoms with van der Waals surface area (Å²) < 4.78 is 5.04. The van der Waals surface area contributed by atoms with Crippen molar-refractivity contribution in [3.63, 3.8) is 0 Å². The fourth-order valence-corrected chi connectivity index (χ4v) is 1.39. The molecule has 0 saturated carbocycles. The molecule has 1 unspecified atom stereocenters. The van der Waals surface area contributed by atoms with Crippen LogP contribution in [0, 0.1) is 5.92 Å². The highest BCUT2D eigenvalue weighted by Gasteiger charge is 2.08. The molecule has 86 valence electrons. The van der Waals surface area contributed by atoms with E-state index in [9.17, 15) is 0 Å². The Balaban J connectivity index is 2.30. The van der Waals surface area contributed by atoms with Crippen molar-refractivity contribution in [3.8, 4) is 0 Å². The normalized spacial score (nSPS) is 13.0. The number of hydrogen-bond donors (Lipinski definition) is 2. The maximum Gasteiger partial charge on any atom is 0.226 e.